The van der Waals surface area contributed by atoms with E-state index in [1.54, 1.807) is 0 Å². The summed E-state index contributed by atoms with van der Waals surface area (Å²) < 4.78 is 4.70. The van der Waals surface area contributed by atoms with Gasteiger partial charge in [0.05, 0.1) is 0 Å². The van der Waals surface area contributed by atoms with Gasteiger partial charge in [-0.3, -0.25) is 4.79 Å². The van der Waals surface area contributed by atoms with Crippen molar-refractivity contribution in [2.45, 2.75) is 39.2 Å². The number of rotatable bonds is 10. The number of unbranched alkanes of at least 4 members (excludes halogenated alkanes) is 1. The molecule has 1 N–H and O–H groups in total. The lowest BCUT2D eigenvalue weighted by Gasteiger charge is -2.12. The molecule has 8 nitrogen and oxygen atoms in total. The lowest BCUT2D eigenvalue weighted by atomic mass is 10.2. The van der Waals surface area contributed by atoms with Gasteiger partial charge in [0.2, 0.25) is 5.91 Å². The molecule has 8 heteroatoms. The van der Waals surface area contributed by atoms with E-state index < -0.39 is 17.1 Å². The minimum absolute atomic E-state index is 0.235. The van der Waals surface area contributed by atoms with Crippen LogP contribution in [0.5, 0.6) is 0 Å². The van der Waals surface area contributed by atoms with Crippen molar-refractivity contribution in [1.29, 1.82) is 0 Å². The number of nitrogens with zero attached hydrogens (tertiary/aromatic N) is 1. The van der Waals surface area contributed by atoms with E-state index in [0.29, 0.717) is 12.8 Å². The summed E-state index contributed by atoms with van der Waals surface area (Å²) in [5, 5.41) is 11.4. The van der Waals surface area contributed by atoms with Crippen LogP contribution in [0.2, 0.25) is 0 Å². The molecule has 0 fully saturated rings. The van der Waals surface area contributed by atoms with Gasteiger partial charge in [0.25, 0.3) is 5.09 Å². The molecule has 1 amide bonds. The third kappa shape index (κ3) is 9.86. The van der Waals surface area contributed by atoms with Crippen LogP contribution in [-0.4, -0.2) is 36.2 Å². The number of ether oxygens (including phenoxy) is 1. The van der Waals surface area contributed by atoms with Gasteiger partial charge in [-0.15, -0.1) is 10.1 Å². The second kappa shape index (κ2) is 10.8. The van der Waals surface area contributed by atoms with Gasteiger partial charge in [-0.05, 0) is 26.7 Å². The molecule has 0 bridgehead atoms. The van der Waals surface area contributed by atoms with Crippen LogP contribution in [0.25, 0.3) is 0 Å². The Labute approximate surface area is 117 Å². The molecule has 0 aromatic rings. The van der Waals surface area contributed by atoms with E-state index in [2.05, 4.69) is 10.2 Å². The number of esters is 1. The summed E-state index contributed by atoms with van der Waals surface area (Å²) >= 11 is 0. The quantitative estimate of drug-likeness (QED) is 0.211. The van der Waals surface area contributed by atoms with Gasteiger partial charge in [-0.2, -0.15) is 0 Å². The zero-order valence-electron chi connectivity index (χ0n) is 11.7. The number of carbonyl (C=O) groups excluding carboxylic acids is 2. The third-order valence-electron chi connectivity index (χ3n) is 2.27. The van der Waals surface area contributed by atoms with Gasteiger partial charge in [-0.25, -0.2) is 4.79 Å². The fraction of sp³-hybridized carbons (Fsp3) is 0.667. The lowest BCUT2D eigenvalue weighted by molar-refractivity contribution is -0.757. The minimum atomic E-state index is -0.968. The molecule has 0 aliphatic rings. The number of amides is 1. The molecule has 0 aliphatic heterocycles. The molecule has 0 radical (unpaired) electrons. The van der Waals surface area contributed by atoms with E-state index in [0.717, 1.165) is 6.42 Å². The summed E-state index contributed by atoms with van der Waals surface area (Å²) in [5.74, 6) is -0.890. The first-order chi connectivity index (χ1) is 9.47. The van der Waals surface area contributed by atoms with Gasteiger partial charge in [0.15, 0.2) is 0 Å². The average molecular weight is 288 g/mol. The highest BCUT2D eigenvalue weighted by atomic mass is 17.0. The maximum atomic E-state index is 11.5. The summed E-state index contributed by atoms with van der Waals surface area (Å²) in [6.07, 6.45) is 5.70. The summed E-state index contributed by atoms with van der Waals surface area (Å²) in [4.78, 5) is 36.7. The van der Waals surface area contributed by atoms with Crippen molar-refractivity contribution >= 4 is 11.9 Å². The van der Waals surface area contributed by atoms with Crippen LogP contribution in [-0.2, 0) is 19.2 Å². The van der Waals surface area contributed by atoms with Gasteiger partial charge in [0.1, 0.15) is 19.3 Å². The second-order valence-electron chi connectivity index (χ2n) is 3.97. The molecule has 0 spiro atoms. The molecule has 0 saturated carbocycles. The largest absolute Gasteiger partial charge is 0.462 e. The Balaban J connectivity index is 3.77. The molecular weight excluding hydrogens is 268 g/mol. The summed E-state index contributed by atoms with van der Waals surface area (Å²) in [6, 6.07) is -0.792. The summed E-state index contributed by atoms with van der Waals surface area (Å²) in [7, 11) is 0. The summed E-state index contributed by atoms with van der Waals surface area (Å²) in [5.41, 5.74) is 0. The van der Waals surface area contributed by atoms with Gasteiger partial charge in [0, 0.05) is 6.42 Å². The van der Waals surface area contributed by atoms with Gasteiger partial charge < -0.3 is 14.9 Å². The molecule has 0 aromatic carbocycles. The zero-order chi connectivity index (χ0) is 15.4. The highest BCUT2D eigenvalue weighted by Crippen LogP contribution is 1.98. The first kappa shape index (κ1) is 17.9. The number of hydrogen-bond donors (Lipinski definition) is 1. The van der Waals surface area contributed by atoms with Crippen molar-refractivity contribution in [3.05, 3.63) is 22.3 Å². The maximum absolute atomic E-state index is 11.5. The molecule has 0 aromatic heterocycles. The molecular formula is C12H20N2O6. The molecule has 1 atom stereocenters. The van der Waals surface area contributed by atoms with E-state index in [1.807, 2.05) is 19.1 Å². The monoisotopic (exact) mass is 288 g/mol. The predicted octanol–water partition coefficient (Wildman–Crippen LogP) is 0.989. The van der Waals surface area contributed by atoms with Crippen molar-refractivity contribution < 1.29 is 24.3 Å². The van der Waals surface area contributed by atoms with Crippen molar-refractivity contribution in [2.24, 2.45) is 0 Å². The van der Waals surface area contributed by atoms with E-state index in [9.17, 15) is 19.7 Å². The van der Waals surface area contributed by atoms with Crippen molar-refractivity contribution in [1.82, 2.24) is 5.32 Å². The normalized spacial score (nSPS) is 11.9. The van der Waals surface area contributed by atoms with Crippen LogP contribution in [0.3, 0.4) is 0 Å². The van der Waals surface area contributed by atoms with Crippen LogP contribution < -0.4 is 5.32 Å². The van der Waals surface area contributed by atoms with E-state index >= 15 is 0 Å². The van der Waals surface area contributed by atoms with Gasteiger partial charge in [-0.1, -0.05) is 12.2 Å². The topological polar surface area (TPSA) is 108 Å². The van der Waals surface area contributed by atoms with Crippen LogP contribution >= 0.6 is 0 Å². The molecule has 0 aliphatic carbocycles. The predicted molar refractivity (Wildman–Crippen MR) is 70.2 cm³/mol. The highest BCUT2D eigenvalue weighted by molar-refractivity contribution is 5.84. The van der Waals surface area contributed by atoms with Crippen LogP contribution in [0.15, 0.2) is 12.2 Å². The standard InChI is InChI=1S/C12H20N2O6/c1-3-4-5-6-7-11(15)13-10(2)12(16)19-8-9-20-14(17)18/h3-4,10H,5-9H2,1-2H3,(H,13,15)/b4-3-. The molecule has 0 saturated heterocycles. The number of allylic oxidation sites excluding steroid dienone is 2. The first-order valence-electron chi connectivity index (χ1n) is 6.31. The minimum Gasteiger partial charge on any atom is -0.462 e. The fourth-order valence-corrected chi connectivity index (χ4v) is 1.30. The number of nitrogens with one attached hydrogen (secondary N) is 1. The summed E-state index contributed by atoms with van der Waals surface area (Å²) in [6.45, 7) is 2.82. The third-order valence-corrected chi connectivity index (χ3v) is 2.27. The van der Waals surface area contributed by atoms with E-state index in [-0.39, 0.29) is 19.1 Å². The highest BCUT2D eigenvalue weighted by Gasteiger charge is 2.16. The van der Waals surface area contributed by atoms with Gasteiger partial charge >= 0.3 is 5.97 Å². The van der Waals surface area contributed by atoms with Crippen LogP contribution in [0.1, 0.15) is 33.1 Å². The van der Waals surface area contributed by atoms with E-state index in [4.69, 9.17) is 4.74 Å². The number of hydrogen-bond acceptors (Lipinski definition) is 6. The van der Waals surface area contributed by atoms with Crippen molar-refractivity contribution in [3.63, 3.8) is 0 Å². The Morgan fingerprint density at radius 1 is 1.40 bits per heavy atom. The zero-order valence-corrected chi connectivity index (χ0v) is 11.7. The molecule has 0 rings (SSSR count). The Morgan fingerprint density at radius 3 is 2.70 bits per heavy atom. The Hall–Kier alpha value is -2.12. The average Bonchev–Trinajstić information content (AvgIpc) is 2.39. The Kier molecular flexibility index (Phi) is 9.63. The first-order valence-corrected chi connectivity index (χ1v) is 6.31. The number of carbonyl (C=O) groups is 2. The van der Waals surface area contributed by atoms with Crippen molar-refractivity contribution in [3.8, 4) is 0 Å². The lowest BCUT2D eigenvalue weighted by Crippen LogP contribution is -2.39. The smallest absolute Gasteiger partial charge is 0.328 e. The van der Waals surface area contributed by atoms with Crippen LogP contribution in [0.4, 0.5) is 0 Å². The van der Waals surface area contributed by atoms with Crippen LogP contribution in [0, 0.1) is 10.1 Å². The second-order valence-corrected chi connectivity index (χ2v) is 3.97. The molecule has 0 heterocycles. The Bertz CT molecular complexity index is 356. The Morgan fingerprint density at radius 2 is 2.10 bits per heavy atom. The SMILES string of the molecule is C/C=C\CCCC(=O)NC(C)C(=O)OCCO[N+](=O)[O-]. The molecule has 20 heavy (non-hydrogen) atoms. The maximum Gasteiger partial charge on any atom is 0.328 e. The van der Waals surface area contributed by atoms with E-state index in [1.165, 1.54) is 6.92 Å². The molecule has 1 unspecified atom stereocenters. The molecule has 114 valence electrons. The van der Waals surface area contributed by atoms with Crippen molar-refractivity contribution in [2.75, 3.05) is 13.2 Å². The fourth-order valence-electron chi connectivity index (χ4n) is 1.30.